The van der Waals surface area contributed by atoms with E-state index in [0.29, 0.717) is 5.69 Å². The third-order valence-corrected chi connectivity index (χ3v) is 7.58. The lowest BCUT2D eigenvalue weighted by Gasteiger charge is -2.28. The van der Waals surface area contributed by atoms with Crippen LogP contribution >= 0.6 is 11.3 Å². The molecular weight excluding hydrogens is 386 g/mol. The van der Waals surface area contributed by atoms with E-state index in [9.17, 15) is 18.0 Å². The van der Waals surface area contributed by atoms with E-state index in [1.54, 1.807) is 22.1 Å². The number of fused-ring (bicyclic) bond motifs is 1. The van der Waals surface area contributed by atoms with Crippen LogP contribution in [-0.2, 0) is 16.6 Å². The molecule has 1 aromatic carbocycles. The zero-order valence-electron chi connectivity index (χ0n) is 14.0. The second-order valence-corrected chi connectivity index (χ2v) is 9.03. The molecule has 7 nitrogen and oxygen atoms in total. The number of thiophene rings is 1. The number of benzene rings is 1. The highest BCUT2D eigenvalue weighted by Gasteiger charge is 2.38. The molecule has 0 saturated carbocycles. The lowest BCUT2D eigenvalue weighted by atomic mass is 10.1. The van der Waals surface area contributed by atoms with Crippen LogP contribution in [0.25, 0.3) is 11.3 Å². The fourth-order valence-corrected chi connectivity index (χ4v) is 5.67. The van der Waals surface area contributed by atoms with Crippen molar-refractivity contribution in [3.05, 3.63) is 65.2 Å². The predicted molar refractivity (Wildman–Crippen MR) is 101 cm³/mol. The van der Waals surface area contributed by atoms with Gasteiger partial charge in [0.1, 0.15) is 9.90 Å². The van der Waals surface area contributed by atoms with E-state index in [1.165, 1.54) is 6.07 Å². The van der Waals surface area contributed by atoms with Crippen molar-refractivity contribution < 1.29 is 18.0 Å². The smallest absolute Gasteiger partial charge is 0.285 e. The van der Waals surface area contributed by atoms with Crippen molar-refractivity contribution in [2.75, 3.05) is 6.54 Å². The summed E-state index contributed by atoms with van der Waals surface area (Å²) in [6, 6.07) is 13.9. The number of carbonyl (C=O) groups excluding carboxylic acids is 2. The standard InChI is InChI=1S/C18H15N3O4S2/c19-17(22)13-11-14(12-5-2-1-3-6-12)20-8-9-21(18(23)16(13)20)27(24,25)15-7-4-10-26-15/h1-7,10-11H,8-9H2,(H2,19,22). The highest BCUT2D eigenvalue weighted by atomic mass is 32.2. The van der Waals surface area contributed by atoms with E-state index in [2.05, 4.69) is 0 Å². The summed E-state index contributed by atoms with van der Waals surface area (Å²) in [7, 11) is -3.97. The van der Waals surface area contributed by atoms with Gasteiger partial charge in [-0.25, -0.2) is 12.7 Å². The van der Waals surface area contributed by atoms with Crippen molar-refractivity contribution in [1.82, 2.24) is 8.87 Å². The monoisotopic (exact) mass is 401 g/mol. The van der Waals surface area contributed by atoms with Gasteiger partial charge in [-0.15, -0.1) is 11.3 Å². The summed E-state index contributed by atoms with van der Waals surface area (Å²) >= 11 is 1.04. The first-order valence-electron chi connectivity index (χ1n) is 8.10. The molecule has 2 amide bonds. The molecule has 27 heavy (non-hydrogen) atoms. The summed E-state index contributed by atoms with van der Waals surface area (Å²) in [5.41, 5.74) is 6.96. The largest absolute Gasteiger partial charge is 0.366 e. The maximum atomic E-state index is 13.1. The first-order chi connectivity index (χ1) is 12.9. The molecule has 0 saturated heterocycles. The average Bonchev–Trinajstić information content (AvgIpc) is 3.31. The van der Waals surface area contributed by atoms with Crippen LogP contribution in [0, 0.1) is 0 Å². The van der Waals surface area contributed by atoms with Gasteiger partial charge < -0.3 is 10.3 Å². The molecule has 2 aromatic heterocycles. The van der Waals surface area contributed by atoms with Crippen molar-refractivity contribution in [1.29, 1.82) is 0 Å². The molecule has 3 heterocycles. The minimum Gasteiger partial charge on any atom is -0.366 e. The number of carbonyl (C=O) groups is 2. The molecule has 0 aliphatic carbocycles. The lowest BCUT2D eigenvalue weighted by Crippen LogP contribution is -2.44. The highest BCUT2D eigenvalue weighted by molar-refractivity contribution is 7.91. The van der Waals surface area contributed by atoms with Crippen molar-refractivity contribution in [3.8, 4) is 11.3 Å². The van der Waals surface area contributed by atoms with Gasteiger partial charge in [-0.2, -0.15) is 0 Å². The quantitative estimate of drug-likeness (QED) is 0.724. The number of amides is 2. The lowest BCUT2D eigenvalue weighted by molar-refractivity contribution is 0.0816. The minimum absolute atomic E-state index is 0.00716. The number of hydrogen-bond acceptors (Lipinski definition) is 5. The maximum Gasteiger partial charge on any atom is 0.285 e. The summed E-state index contributed by atoms with van der Waals surface area (Å²) in [5.74, 6) is -1.52. The summed E-state index contributed by atoms with van der Waals surface area (Å²) < 4.78 is 28.2. The van der Waals surface area contributed by atoms with Crippen LogP contribution in [-0.4, -0.2) is 35.6 Å². The van der Waals surface area contributed by atoms with Crippen molar-refractivity contribution >= 4 is 33.2 Å². The van der Waals surface area contributed by atoms with Crippen molar-refractivity contribution in [3.63, 3.8) is 0 Å². The van der Waals surface area contributed by atoms with Crippen molar-refractivity contribution in [2.45, 2.75) is 10.8 Å². The van der Waals surface area contributed by atoms with Gasteiger partial charge in [0.15, 0.2) is 0 Å². The van der Waals surface area contributed by atoms with Crippen LogP contribution in [0.1, 0.15) is 20.8 Å². The summed E-state index contributed by atoms with van der Waals surface area (Å²) in [5, 5.41) is 1.63. The fraction of sp³-hybridized carbons (Fsp3) is 0.111. The fourth-order valence-electron chi connectivity index (χ4n) is 3.21. The summed E-state index contributed by atoms with van der Waals surface area (Å²) in [6.07, 6.45) is 0. The predicted octanol–water partition coefficient (Wildman–Crippen LogP) is 2.16. The third-order valence-electron chi connectivity index (χ3n) is 4.43. The third kappa shape index (κ3) is 2.75. The van der Waals surface area contributed by atoms with Gasteiger partial charge in [0.25, 0.3) is 21.8 Å². The number of hydrogen-bond donors (Lipinski definition) is 1. The highest BCUT2D eigenvalue weighted by Crippen LogP contribution is 2.32. The van der Waals surface area contributed by atoms with Gasteiger partial charge in [0.2, 0.25) is 0 Å². The zero-order valence-corrected chi connectivity index (χ0v) is 15.7. The topological polar surface area (TPSA) is 102 Å². The maximum absolute atomic E-state index is 13.1. The minimum atomic E-state index is -3.97. The van der Waals surface area contributed by atoms with Gasteiger partial charge in [0.05, 0.1) is 12.1 Å². The molecule has 0 fully saturated rings. The number of nitrogens with two attached hydrogens (primary N) is 1. The van der Waals surface area contributed by atoms with Gasteiger partial charge >= 0.3 is 0 Å². The number of aromatic nitrogens is 1. The molecule has 9 heteroatoms. The summed E-state index contributed by atoms with van der Waals surface area (Å²) in [6.45, 7) is 0.224. The first kappa shape index (κ1) is 17.5. The van der Waals surface area contributed by atoms with E-state index in [1.807, 2.05) is 30.3 Å². The van der Waals surface area contributed by atoms with E-state index in [4.69, 9.17) is 5.73 Å². The number of rotatable bonds is 4. The molecular formula is C18H15N3O4S2. The zero-order chi connectivity index (χ0) is 19.2. The second kappa shape index (κ2) is 6.36. The van der Waals surface area contributed by atoms with Gasteiger partial charge in [0, 0.05) is 12.2 Å². The molecule has 0 radical (unpaired) electrons. The molecule has 0 spiro atoms. The van der Waals surface area contributed by atoms with Gasteiger partial charge in [-0.05, 0) is 23.1 Å². The molecule has 0 atom stereocenters. The van der Waals surface area contributed by atoms with Gasteiger partial charge in [-0.1, -0.05) is 36.4 Å². The molecule has 4 rings (SSSR count). The average molecular weight is 401 g/mol. The van der Waals surface area contributed by atoms with Gasteiger partial charge in [-0.3, -0.25) is 9.59 Å². The molecule has 2 N–H and O–H groups in total. The van der Waals surface area contributed by atoms with E-state index in [0.717, 1.165) is 21.2 Å². The Balaban J connectivity index is 1.86. The molecule has 0 bridgehead atoms. The number of sulfonamides is 1. The second-order valence-electron chi connectivity index (χ2n) is 5.99. The van der Waals surface area contributed by atoms with Crippen LogP contribution in [0.5, 0.6) is 0 Å². The Hall–Kier alpha value is -2.91. The molecule has 1 aliphatic rings. The Labute approximate surface area is 159 Å². The van der Waals surface area contributed by atoms with Crippen LogP contribution < -0.4 is 5.73 Å². The number of nitrogens with zero attached hydrogens (tertiary/aromatic N) is 2. The Bertz CT molecular complexity index is 1130. The van der Waals surface area contributed by atoms with Crippen LogP contribution in [0.2, 0.25) is 0 Å². The number of primary amides is 1. The molecule has 1 aliphatic heterocycles. The molecule has 138 valence electrons. The Morgan fingerprint density at radius 3 is 2.44 bits per heavy atom. The SMILES string of the molecule is NC(=O)c1cc(-c2ccccc2)n2c1C(=O)N(S(=O)(=O)c1cccs1)CC2. The Morgan fingerprint density at radius 1 is 1.07 bits per heavy atom. The summed E-state index contributed by atoms with van der Waals surface area (Å²) in [4.78, 5) is 25.0. The van der Waals surface area contributed by atoms with E-state index in [-0.39, 0.29) is 28.6 Å². The van der Waals surface area contributed by atoms with Crippen LogP contribution in [0.3, 0.4) is 0 Å². The van der Waals surface area contributed by atoms with E-state index >= 15 is 0 Å². The van der Waals surface area contributed by atoms with Crippen LogP contribution in [0.15, 0.2) is 58.1 Å². The van der Waals surface area contributed by atoms with E-state index < -0.39 is 21.8 Å². The molecule has 0 unspecified atom stereocenters. The molecule has 3 aromatic rings. The Morgan fingerprint density at radius 2 is 1.81 bits per heavy atom. The van der Waals surface area contributed by atoms with Crippen molar-refractivity contribution in [2.24, 2.45) is 5.73 Å². The van der Waals surface area contributed by atoms with Crippen LogP contribution in [0.4, 0.5) is 0 Å². The first-order valence-corrected chi connectivity index (χ1v) is 10.4. The Kier molecular flexibility index (Phi) is 4.12. The normalized spacial score (nSPS) is 14.2.